The highest BCUT2D eigenvalue weighted by atomic mass is 35.5. The third-order valence-corrected chi connectivity index (χ3v) is 5.75. The Balaban J connectivity index is 1.60. The van der Waals surface area contributed by atoms with E-state index >= 15 is 0 Å². The summed E-state index contributed by atoms with van der Waals surface area (Å²) in [5.74, 6) is 2.43. The lowest BCUT2D eigenvalue weighted by Gasteiger charge is -2.10. The molecular formula is C25H24ClNO2S. The van der Waals surface area contributed by atoms with Crippen LogP contribution in [0.15, 0.2) is 78.9 Å². The Kier molecular flexibility index (Phi) is 8.42. The van der Waals surface area contributed by atoms with Crippen LogP contribution in [-0.4, -0.2) is 25.3 Å². The second-order valence-corrected chi connectivity index (χ2v) is 8.17. The van der Waals surface area contributed by atoms with E-state index in [9.17, 15) is 4.79 Å². The first-order chi connectivity index (χ1) is 14.7. The van der Waals surface area contributed by atoms with Crippen molar-refractivity contribution in [3.8, 4) is 5.75 Å². The van der Waals surface area contributed by atoms with Crippen molar-refractivity contribution in [2.24, 2.45) is 0 Å². The standard InChI is InChI=1S/C25H24ClNO2S/c1-29-23-13-9-19(10-14-23)17-24(21-5-3-2-4-6-21)25(28)27-15-16-30-18-20-7-11-22(26)12-8-20/h2-14,17H,15-16,18H2,1H3,(H,27,28)/b24-17+. The molecule has 0 aromatic heterocycles. The molecule has 1 N–H and O–H groups in total. The molecule has 5 heteroatoms. The fourth-order valence-electron chi connectivity index (χ4n) is 2.87. The van der Waals surface area contributed by atoms with E-state index in [2.05, 4.69) is 5.32 Å². The molecule has 3 aromatic rings. The fourth-order valence-corrected chi connectivity index (χ4v) is 3.81. The Labute approximate surface area is 187 Å². The largest absolute Gasteiger partial charge is 0.497 e. The Bertz CT molecular complexity index is 970. The fraction of sp³-hybridized carbons (Fsp3) is 0.160. The smallest absolute Gasteiger partial charge is 0.251 e. The maximum atomic E-state index is 12.9. The SMILES string of the molecule is COc1ccc(/C=C(/C(=O)NCCSCc2ccc(Cl)cc2)c2ccccc2)cc1. The van der Waals surface area contributed by atoms with Crippen LogP contribution in [0.1, 0.15) is 16.7 Å². The van der Waals surface area contributed by atoms with Crippen LogP contribution in [0.3, 0.4) is 0 Å². The van der Waals surface area contributed by atoms with E-state index < -0.39 is 0 Å². The minimum absolute atomic E-state index is 0.0795. The molecule has 0 aliphatic heterocycles. The second kappa shape index (κ2) is 11.5. The average molecular weight is 438 g/mol. The molecule has 0 spiro atoms. The van der Waals surface area contributed by atoms with Gasteiger partial charge in [-0.05, 0) is 47.0 Å². The minimum Gasteiger partial charge on any atom is -0.497 e. The molecule has 0 aliphatic rings. The number of thioether (sulfide) groups is 1. The van der Waals surface area contributed by atoms with E-state index in [4.69, 9.17) is 16.3 Å². The van der Waals surface area contributed by atoms with Crippen LogP contribution in [0.5, 0.6) is 5.75 Å². The molecule has 3 nitrogen and oxygen atoms in total. The van der Waals surface area contributed by atoms with Crippen LogP contribution < -0.4 is 10.1 Å². The van der Waals surface area contributed by atoms with E-state index in [-0.39, 0.29) is 5.91 Å². The topological polar surface area (TPSA) is 38.3 Å². The second-order valence-electron chi connectivity index (χ2n) is 6.63. The van der Waals surface area contributed by atoms with Crippen molar-refractivity contribution < 1.29 is 9.53 Å². The first-order valence-electron chi connectivity index (χ1n) is 9.67. The van der Waals surface area contributed by atoms with Crippen molar-refractivity contribution in [2.75, 3.05) is 19.4 Å². The van der Waals surface area contributed by atoms with Crippen LogP contribution in [-0.2, 0) is 10.5 Å². The van der Waals surface area contributed by atoms with Crippen LogP contribution in [0.25, 0.3) is 11.6 Å². The number of amides is 1. The van der Waals surface area contributed by atoms with Crippen molar-refractivity contribution >= 4 is 40.9 Å². The average Bonchev–Trinajstić information content (AvgIpc) is 2.79. The number of carbonyl (C=O) groups excluding carboxylic acids is 1. The van der Waals surface area contributed by atoms with Gasteiger partial charge in [-0.15, -0.1) is 0 Å². The molecule has 3 rings (SSSR count). The predicted octanol–water partition coefficient (Wildman–Crippen LogP) is 5.94. The van der Waals surface area contributed by atoms with E-state index in [0.29, 0.717) is 12.1 Å². The number of nitrogens with one attached hydrogen (secondary N) is 1. The van der Waals surface area contributed by atoms with Gasteiger partial charge in [0, 0.05) is 28.6 Å². The number of methoxy groups -OCH3 is 1. The first-order valence-corrected chi connectivity index (χ1v) is 11.2. The lowest BCUT2D eigenvalue weighted by Crippen LogP contribution is -2.26. The molecule has 0 bridgehead atoms. The van der Waals surface area contributed by atoms with Crippen LogP contribution >= 0.6 is 23.4 Å². The Hall–Kier alpha value is -2.69. The van der Waals surface area contributed by atoms with Gasteiger partial charge >= 0.3 is 0 Å². The van der Waals surface area contributed by atoms with Crippen LogP contribution in [0.4, 0.5) is 0 Å². The number of benzene rings is 3. The van der Waals surface area contributed by atoms with E-state index in [1.807, 2.05) is 84.9 Å². The molecule has 0 radical (unpaired) electrons. The summed E-state index contributed by atoms with van der Waals surface area (Å²) in [6.07, 6.45) is 1.91. The van der Waals surface area contributed by atoms with Gasteiger partial charge in [0.2, 0.25) is 0 Å². The lowest BCUT2D eigenvalue weighted by atomic mass is 10.0. The molecule has 0 saturated heterocycles. The quantitative estimate of drug-likeness (QED) is 0.256. The number of hydrogen-bond donors (Lipinski definition) is 1. The molecule has 0 saturated carbocycles. The maximum Gasteiger partial charge on any atom is 0.251 e. The van der Waals surface area contributed by atoms with Gasteiger partial charge < -0.3 is 10.1 Å². The van der Waals surface area contributed by atoms with Crippen LogP contribution in [0, 0.1) is 0 Å². The maximum absolute atomic E-state index is 12.9. The van der Waals surface area contributed by atoms with E-state index in [0.717, 1.165) is 33.4 Å². The van der Waals surface area contributed by atoms with Crippen molar-refractivity contribution in [1.82, 2.24) is 5.32 Å². The Morgan fingerprint density at radius 2 is 1.70 bits per heavy atom. The summed E-state index contributed by atoms with van der Waals surface area (Å²) >= 11 is 7.70. The number of hydrogen-bond acceptors (Lipinski definition) is 3. The summed E-state index contributed by atoms with van der Waals surface area (Å²) < 4.78 is 5.21. The van der Waals surface area contributed by atoms with Gasteiger partial charge in [0.15, 0.2) is 0 Å². The summed E-state index contributed by atoms with van der Waals surface area (Å²) in [6.45, 7) is 0.601. The highest BCUT2D eigenvalue weighted by molar-refractivity contribution is 7.98. The zero-order valence-corrected chi connectivity index (χ0v) is 18.4. The van der Waals surface area contributed by atoms with Gasteiger partial charge in [0.1, 0.15) is 5.75 Å². The highest BCUT2D eigenvalue weighted by Crippen LogP contribution is 2.21. The summed E-state index contributed by atoms with van der Waals surface area (Å²) in [5, 5.41) is 3.79. The van der Waals surface area contributed by atoms with Crippen molar-refractivity contribution in [2.45, 2.75) is 5.75 Å². The molecule has 30 heavy (non-hydrogen) atoms. The molecule has 0 fully saturated rings. The Morgan fingerprint density at radius 1 is 1.00 bits per heavy atom. The molecule has 0 heterocycles. The zero-order valence-electron chi connectivity index (χ0n) is 16.8. The molecule has 0 unspecified atom stereocenters. The number of halogens is 1. The monoisotopic (exact) mass is 437 g/mol. The number of carbonyl (C=O) groups is 1. The molecule has 0 atom stereocenters. The highest BCUT2D eigenvalue weighted by Gasteiger charge is 2.11. The van der Waals surface area contributed by atoms with Crippen molar-refractivity contribution in [3.05, 3.63) is 101 Å². The van der Waals surface area contributed by atoms with Crippen molar-refractivity contribution in [1.29, 1.82) is 0 Å². The van der Waals surface area contributed by atoms with Gasteiger partial charge in [0.25, 0.3) is 5.91 Å². The summed E-state index contributed by atoms with van der Waals surface area (Å²) in [6, 6.07) is 25.2. The first kappa shape index (κ1) is 22.0. The molecular weight excluding hydrogens is 414 g/mol. The van der Waals surface area contributed by atoms with Crippen molar-refractivity contribution in [3.63, 3.8) is 0 Å². The predicted molar refractivity (Wildman–Crippen MR) is 128 cm³/mol. The van der Waals surface area contributed by atoms with Gasteiger partial charge in [0.05, 0.1) is 7.11 Å². The zero-order chi connectivity index (χ0) is 21.2. The minimum atomic E-state index is -0.0795. The lowest BCUT2D eigenvalue weighted by molar-refractivity contribution is -0.115. The van der Waals surface area contributed by atoms with Crippen LogP contribution in [0.2, 0.25) is 5.02 Å². The molecule has 3 aromatic carbocycles. The summed E-state index contributed by atoms with van der Waals surface area (Å²) in [7, 11) is 1.64. The van der Waals surface area contributed by atoms with Gasteiger partial charge in [-0.1, -0.05) is 66.2 Å². The van der Waals surface area contributed by atoms with E-state index in [1.54, 1.807) is 18.9 Å². The molecule has 1 amide bonds. The van der Waals surface area contributed by atoms with E-state index in [1.165, 1.54) is 5.56 Å². The van der Waals surface area contributed by atoms with Gasteiger partial charge in [-0.25, -0.2) is 0 Å². The number of ether oxygens (including phenoxy) is 1. The van der Waals surface area contributed by atoms with Gasteiger partial charge in [-0.3, -0.25) is 4.79 Å². The third-order valence-electron chi connectivity index (χ3n) is 4.47. The number of rotatable bonds is 9. The summed E-state index contributed by atoms with van der Waals surface area (Å²) in [5.41, 5.74) is 3.70. The third kappa shape index (κ3) is 6.68. The Morgan fingerprint density at radius 3 is 2.37 bits per heavy atom. The summed E-state index contributed by atoms with van der Waals surface area (Å²) in [4.78, 5) is 12.9. The molecule has 0 aliphatic carbocycles. The molecule has 154 valence electrons. The normalized spacial score (nSPS) is 11.2. The van der Waals surface area contributed by atoms with Gasteiger partial charge in [-0.2, -0.15) is 11.8 Å².